The Morgan fingerprint density at radius 1 is 1.23 bits per heavy atom. The van der Waals surface area contributed by atoms with Gasteiger partial charge in [0, 0.05) is 31.5 Å². The molecule has 2 aliphatic rings. The lowest BCUT2D eigenvalue weighted by Gasteiger charge is -2.15. The maximum Gasteiger partial charge on any atom is 0.242 e. The summed E-state index contributed by atoms with van der Waals surface area (Å²) in [7, 11) is 0. The molecule has 3 rings (SSSR count). The van der Waals surface area contributed by atoms with E-state index in [0.717, 1.165) is 50.1 Å². The van der Waals surface area contributed by atoms with Gasteiger partial charge in [0.1, 0.15) is 12.3 Å². The van der Waals surface area contributed by atoms with Crippen LogP contribution in [-0.2, 0) is 14.3 Å². The van der Waals surface area contributed by atoms with E-state index in [2.05, 4.69) is 20.9 Å². The van der Waals surface area contributed by atoms with Crippen molar-refractivity contribution in [3.8, 4) is 5.75 Å². The molecule has 0 radical (unpaired) electrons. The van der Waals surface area contributed by atoms with Gasteiger partial charge >= 0.3 is 0 Å². The van der Waals surface area contributed by atoms with E-state index in [4.69, 9.17) is 14.2 Å². The second-order valence-electron chi connectivity index (χ2n) is 8.31. The fourth-order valence-electron chi connectivity index (χ4n) is 3.19. The lowest BCUT2D eigenvalue weighted by atomic mass is 10.2. The number of nitrogens with one attached hydrogen (secondary N) is 3. The monoisotopic (exact) mass is 432 g/mol. The highest BCUT2D eigenvalue weighted by Crippen LogP contribution is 2.18. The summed E-state index contributed by atoms with van der Waals surface area (Å²) in [4.78, 5) is 16.5. The molecule has 2 fully saturated rings. The maximum absolute atomic E-state index is 12.0. The van der Waals surface area contributed by atoms with Crippen LogP contribution in [0.5, 0.6) is 5.75 Å². The number of aliphatic imine (C=N–C) groups is 1. The van der Waals surface area contributed by atoms with E-state index in [1.54, 1.807) is 0 Å². The number of anilines is 1. The minimum atomic E-state index is -0.0517. The predicted octanol–water partition coefficient (Wildman–Crippen LogP) is 2.70. The van der Waals surface area contributed by atoms with Gasteiger partial charge in [-0.1, -0.05) is 0 Å². The third-order valence-electron chi connectivity index (χ3n) is 4.90. The van der Waals surface area contributed by atoms with Crippen molar-refractivity contribution < 1.29 is 19.0 Å². The summed E-state index contributed by atoms with van der Waals surface area (Å²) in [5.74, 6) is 1.34. The Bertz CT molecular complexity index is 698. The van der Waals surface area contributed by atoms with Crippen LogP contribution in [0, 0.1) is 0 Å². The van der Waals surface area contributed by atoms with Gasteiger partial charge in [-0.15, -0.1) is 0 Å². The van der Waals surface area contributed by atoms with Crippen LogP contribution in [0.1, 0.15) is 46.0 Å². The number of carbonyl (C=O) groups excluding carboxylic acids is 1. The molecule has 0 spiro atoms. The number of amides is 1. The van der Waals surface area contributed by atoms with Crippen molar-refractivity contribution in [2.45, 2.75) is 64.2 Å². The Hall–Kier alpha value is -2.32. The molecule has 172 valence electrons. The number of hydrogen-bond donors (Lipinski definition) is 3. The average Bonchev–Trinajstić information content (AvgIpc) is 3.40. The van der Waals surface area contributed by atoms with Crippen LogP contribution in [0.3, 0.4) is 0 Å². The highest BCUT2D eigenvalue weighted by Gasteiger charge is 2.22. The molecule has 31 heavy (non-hydrogen) atoms. The molecule has 0 bridgehead atoms. The van der Waals surface area contributed by atoms with Gasteiger partial charge in [0.05, 0.1) is 18.8 Å². The van der Waals surface area contributed by atoms with Crippen LogP contribution in [0.15, 0.2) is 29.3 Å². The quantitative estimate of drug-likeness (QED) is 0.267. The van der Waals surface area contributed by atoms with Crippen LogP contribution in [0.25, 0.3) is 0 Å². The molecule has 1 aromatic carbocycles. The predicted molar refractivity (Wildman–Crippen MR) is 122 cm³/mol. The van der Waals surface area contributed by atoms with Gasteiger partial charge in [0.2, 0.25) is 5.91 Å². The summed E-state index contributed by atoms with van der Waals surface area (Å²) in [6, 6.07) is 8.03. The Morgan fingerprint density at radius 3 is 2.71 bits per heavy atom. The lowest BCUT2D eigenvalue weighted by molar-refractivity contribution is -0.119. The normalized spacial score (nSPS) is 18.8. The number of carbonyl (C=O) groups is 1. The maximum atomic E-state index is 12.0. The largest absolute Gasteiger partial charge is 0.491 e. The smallest absolute Gasteiger partial charge is 0.242 e. The van der Waals surface area contributed by atoms with Crippen LogP contribution in [0.4, 0.5) is 5.69 Å². The van der Waals surface area contributed by atoms with E-state index >= 15 is 0 Å². The standard InChI is InChI=1S/C23H36N4O4/c1-17(2)31-20-10-8-19(9-11-20)27-23(25-15-22(28)26-18-6-7-18)24-12-4-13-29-16-21-5-3-14-30-21/h8-11,17-18,21H,3-7,12-16H2,1-2H3,(H,26,28)(H2,24,25,27). The van der Waals surface area contributed by atoms with Gasteiger partial charge in [-0.05, 0) is 70.2 Å². The number of ether oxygens (including phenoxy) is 3. The van der Waals surface area contributed by atoms with Crippen LogP contribution in [0.2, 0.25) is 0 Å². The minimum Gasteiger partial charge on any atom is -0.491 e. The summed E-state index contributed by atoms with van der Waals surface area (Å²) in [5, 5.41) is 9.51. The molecule has 1 saturated carbocycles. The molecule has 1 atom stereocenters. The first kappa shape index (κ1) is 23.3. The second-order valence-corrected chi connectivity index (χ2v) is 8.31. The molecule has 8 heteroatoms. The molecular weight excluding hydrogens is 396 g/mol. The van der Waals surface area contributed by atoms with E-state index in [-0.39, 0.29) is 24.7 Å². The summed E-state index contributed by atoms with van der Waals surface area (Å²) in [6.07, 6.45) is 5.56. The van der Waals surface area contributed by atoms with E-state index in [1.165, 1.54) is 0 Å². The van der Waals surface area contributed by atoms with Gasteiger partial charge in [-0.2, -0.15) is 0 Å². The lowest BCUT2D eigenvalue weighted by Crippen LogP contribution is -2.34. The Kier molecular flexibility index (Phi) is 9.42. The zero-order valence-electron chi connectivity index (χ0n) is 18.7. The average molecular weight is 433 g/mol. The molecule has 1 aliphatic heterocycles. The van der Waals surface area contributed by atoms with E-state index < -0.39 is 0 Å². The SMILES string of the molecule is CC(C)Oc1ccc(NC(=NCC(=O)NC2CC2)NCCCOCC2CCCO2)cc1. The van der Waals surface area contributed by atoms with Gasteiger partial charge in [-0.3, -0.25) is 4.79 Å². The molecule has 0 aromatic heterocycles. The van der Waals surface area contributed by atoms with Crippen molar-refractivity contribution in [1.29, 1.82) is 0 Å². The van der Waals surface area contributed by atoms with Crippen molar-refractivity contribution in [3.63, 3.8) is 0 Å². The molecule has 3 N–H and O–H groups in total. The molecule has 1 aromatic rings. The highest BCUT2D eigenvalue weighted by molar-refractivity contribution is 5.95. The van der Waals surface area contributed by atoms with Gasteiger partial charge in [0.15, 0.2) is 5.96 Å². The van der Waals surface area contributed by atoms with E-state index in [1.807, 2.05) is 38.1 Å². The number of rotatable bonds is 12. The van der Waals surface area contributed by atoms with Gasteiger partial charge in [-0.25, -0.2) is 4.99 Å². The Labute approximate surface area is 185 Å². The van der Waals surface area contributed by atoms with Crippen LogP contribution in [-0.4, -0.2) is 63.0 Å². The zero-order chi connectivity index (χ0) is 21.9. The van der Waals surface area contributed by atoms with Crippen molar-refractivity contribution in [3.05, 3.63) is 24.3 Å². The molecule has 1 unspecified atom stereocenters. The highest BCUT2D eigenvalue weighted by atomic mass is 16.5. The molecule has 8 nitrogen and oxygen atoms in total. The fraction of sp³-hybridized carbons (Fsp3) is 0.652. The Morgan fingerprint density at radius 2 is 2.03 bits per heavy atom. The number of nitrogens with zero attached hydrogens (tertiary/aromatic N) is 1. The first-order valence-corrected chi connectivity index (χ1v) is 11.4. The van der Waals surface area contributed by atoms with Crippen molar-refractivity contribution in [2.24, 2.45) is 4.99 Å². The fourth-order valence-corrected chi connectivity index (χ4v) is 3.19. The summed E-state index contributed by atoms with van der Waals surface area (Å²) < 4.78 is 17.0. The number of benzene rings is 1. The van der Waals surface area contributed by atoms with Crippen molar-refractivity contribution >= 4 is 17.6 Å². The van der Waals surface area contributed by atoms with Crippen molar-refractivity contribution in [1.82, 2.24) is 10.6 Å². The number of hydrogen-bond acceptors (Lipinski definition) is 5. The van der Waals surface area contributed by atoms with Gasteiger partial charge < -0.3 is 30.2 Å². The molecule has 1 amide bonds. The van der Waals surface area contributed by atoms with Gasteiger partial charge in [0.25, 0.3) is 0 Å². The second kappa shape index (κ2) is 12.5. The third kappa shape index (κ3) is 9.57. The van der Waals surface area contributed by atoms with E-state index in [9.17, 15) is 4.79 Å². The van der Waals surface area contributed by atoms with Crippen molar-refractivity contribution in [2.75, 3.05) is 38.2 Å². The van der Waals surface area contributed by atoms with Crippen LogP contribution < -0.4 is 20.7 Å². The summed E-state index contributed by atoms with van der Waals surface area (Å²) in [5.41, 5.74) is 0.875. The molecule has 1 saturated heterocycles. The first-order valence-electron chi connectivity index (χ1n) is 11.4. The van der Waals surface area contributed by atoms with E-state index in [0.29, 0.717) is 31.8 Å². The Balaban J connectivity index is 1.44. The molecule has 1 heterocycles. The first-order chi connectivity index (χ1) is 15.1. The molecular formula is C23H36N4O4. The van der Waals surface area contributed by atoms with Crippen LogP contribution >= 0.6 is 0 Å². The summed E-state index contributed by atoms with van der Waals surface area (Å²) in [6.45, 7) is 6.94. The zero-order valence-corrected chi connectivity index (χ0v) is 18.7. The summed E-state index contributed by atoms with van der Waals surface area (Å²) >= 11 is 0. The number of guanidine groups is 1. The minimum absolute atomic E-state index is 0.0517. The third-order valence-corrected chi connectivity index (χ3v) is 4.90. The topological polar surface area (TPSA) is 93.2 Å². The molecule has 1 aliphatic carbocycles.